The highest BCUT2D eigenvalue weighted by atomic mass is 35.5. The van der Waals surface area contributed by atoms with Crippen LogP contribution in [0.15, 0.2) is 18.2 Å². The van der Waals surface area contributed by atoms with Crippen LogP contribution in [0.25, 0.3) is 0 Å². The Morgan fingerprint density at radius 1 is 1.41 bits per heavy atom. The summed E-state index contributed by atoms with van der Waals surface area (Å²) in [7, 11) is 0. The van der Waals surface area contributed by atoms with E-state index in [1.165, 1.54) is 0 Å². The third-order valence-corrected chi connectivity index (χ3v) is 3.65. The molecule has 1 fully saturated rings. The minimum Gasteiger partial charge on any atom is -0.339 e. The predicted octanol–water partition coefficient (Wildman–Crippen LogP) is 2.21. The summed E-state index contributed by atoms with van der Waals surface area (Å²) in [6.45, 7) is 3.41. The number of halogens is 1. The van der Waals surface area contributed by atoms with Gasteiger partial charge in [-0.15, -0.1) is 0 Å². The van der Waals surface area contributed by atoms with Gasteiger partial charge in [0.15, 0.2) is 0 Å². The quantitative estimate of drug-likeness (QED) is 0.833. The minimum atomic E-state index is 0.0544. The van der Waals surface area contributed by atoms with Gasteiger partial charge in [0, 0.05) is 29.7 Å². The van der Waals surface area contributed by atoms with Crippen LogP contribution in [0, 0.1) is 6.92 Å². The third-order valence-electron chi connectivity index (χ3n) is 3.25. The molecule has 1 aliphatic rings. The monoisotopic (exact) mass is 252 g/mol. The van der Waals surface area contributed by atoms with Gasteiger partial charge < -0.3 is 10.6 Å². The minimum absolute atomic E-state index is 0.0544. The Morgan fingerprint density at radius 2 is 2.06 bits per heavy atom. The van der Waals surface area contributed by atoms with E-state index in [2.05, 4.69) is 0 Å². The number of likely N-dealkylation sites (tertiary alicyclic amines) is 1. The second-order valence-corrected chi connectivity index (χ2v) is 5.00. The number of aryl methyl sites for hydroxylation is 1. The van der Waals surface area contributed by atoms with Crippen LogP contribution in [0.1, 0.15) is 28.8 Å². The Morgan fingerprint density at radius 3 is 2.65 bits per heavy atom. The van der Waals surface area contributed by atoms with Crippen molar-refractivity contribution in [2.75, 3.05) is 13.1 Å². The highest BCUT2D eigenvalue weighted by Crippen LogP contribution is 2.19. The summed E-state index contributed by atoms with van der Waals surface area (Å²) in [5.41, 5.74) is 7.47. The Balaban J connectivity index is 2.11. The lowest BCUT2D eigenvalue weighted by molar-refractivity contribution is 0.0715. The molecule has 3 nitrogen and oxygen atoms in total. The van der Waals surface area contributed by atoms with Crippen molar-refractivity contribution in [1.29, 1.82) is 0 Å². The summed E-state index contributed by atoms with van der Waals surface area (Å²) in [6.07, 6.45) is 1.76. The predicted molar refractivity (Wildman–Crippen MR) is 69.3 cm³/mol. The number of amides is 1. The van der Waals surface area contributed by atoms with E-state index in [9.17, 15) is 4.79 Å². The van der Waals surface area contributed by atoms with E-state index >= 15 is 0 Å². The first kappa shape index (κ1) is 12.4. The van der Waals surface area contributed by atoms with Crippen molar-refractivity contribution < 1.29 is 4.79 Å². The summed E-state index contributed by atoms with van der Waals surface area (Å²) in [6, 6.07) is 5.69. The number of hydrogen-bond acceptors (Lipinski definition) is 2. The molecule has 17 heavy (non-hydrogen) atoms. The summed E-state index contributed by atoms with van der Waals surface area (Å²) < 4.78 is 0. The molecule has 0 bridgehead atoms. The fourth-order valence-electron chi connectivity index (χ4n) is 2.01. The standard InChI is InChI=1S/C13H17ClN2O/c1-9-2-3-10(8-12(9)14)13(17)16-6-4-11(15)5-7-16/h2-3,8,11H,4-7,15H2,1H3. The highest BCUT2D eigenvalue weighted by molar-refractivity contribution is 6.31. The number of piperidine rings is 1. The normalized spacial score (nSPS) is 17.2. The number of rotatable bonds is 1. The molecule has 2 N–H and O–H groups in total. The second-order valence-electron chi connectivity index (χ2n) is 4.59. The lowest BCUT2D eigenvalue weighted by Gasteiger charge is -2.30. The van der Waals surface area contributed by atoms with E-state index in [4.69, 9.17) is 17.3 Å². The Hall–Kier alpha value is -1.06. The van der Waals surface area contributed by atoms with Crippen LogP contribution in [-0.4, -0.2) is 29.9 Å². The molecule has 1 amide bonds. The third kappa shape index (κ3) is 2.79. The lowest BCUT2D eigenvalue weighted by atomic mass is 10.0. The lowest BCUT2D eigenvalue weighted by Crippen LogP contribution is -2.42. The van der Waals surface area contributed by atoms with Crippen LogP contribution < -0.4 is 5.73 Å². The van der Waals surface area contributed by atoms with Crippen molar-refractivity contribution in [1.82, 2.24) is 4.90 Å². The molecule has 1 heterocycles. The maximum absolute atomic E-state index is 12.2. The van der Waals surface area contributed by atoms with Crippen LogP contribution >= 0.6 is 11.6 Å². The van der Waals surface area contributed by atoms with E-state index < -0.39 is 0 Å². The van der Waals surface area contributed by atoms with Crippen molar-refractivity contribution >= 4 is 17.5 Å². The van der Waals surface area contributed by atoms with Gasteiger partial charge in [0.1, 0.15) is 0 Å². The van der Waals surface area contributed by atoms with Crippen molar-refractivity contribution in [2.24, 2.45) is 5.73 Å². The first-order valence-electron chi connectivity index (χ1n) is 5.89. The molecule has 0 aromatic heterocycles. The average molecular weight is 253 g/mol. The maximum atomic E-state index is 12.2. The Bertz CT molecular complexity index is 425. The van der Waals surface area contributed by atoms with Crippen molar-refractivity contribution in [3.8, 4) is 0 Å². The summed E-state index contributed by atoms with van der Waals surface area (Å²) in [4.78, 5) is 14.0. The zero-order valence-corrected chi connectivity index (χ0v) is 10.7. The van der Waals surface area contributed by atoms with Gasteiger partial charge in [0.05, 0.1) is 0 Å². The van der Waals surface area contributed by atoms with Crippen LogP contribution in [0.3, 0.4) is 0 Å². The molecule has 0 atom stereocenters. The molecule has 1 aromatic rings. The second kappa shape index (κ2) is 5.07. The fourth-order valence-corrected chi connectivity index (χ4v) is 2.19. The van der Waals surface area contributed by atoms with Gasteiger partial charge in [-0.25, -0.2) is 0 Å². The number of carbonyl (C=O) groups excluding carboxylic acids is 1. The highest BCUT2D eigenvalue weighted by Gasteiger charge is 2.21. The molecule has 4 heteroatoms. The van der Waals surface area contributed by atoms with E-state index in [0.29, 0.717) is 10.6 Å². The zero-order chi connectivity index (χ0) is 12.4. The SMILES string of the molecule is Cc1ccc(C(=O)N2CCC(N)CC2)cc1Cl. The van der Waals surface area contributed by atoms with Gasteiger partial charge in [0.25, 0.3) is 5.91 Å². The van der Waals surface area contributed by atoms with Crippen LogP contribution in [0.5, 0.6) is 0 Å². The number of hydrogen-bond donors (Lipinski definition) is 1. The van der Waals surface area contributed by atoms with Crippen LogP contribution in [-0.2, 0) is 0 Å². The molecular formula is C13H17ClN2O. The van der Waals surface area contributed by atoms with Gasteiger partial charge in [-0.05, 0) is 37.5 Å². The molecule has 0 aliphatic carbocycles. The molecule has 0 saturated carbocycles. The largest absolute Gasteiger partial charge is 0.339 e. The van der Waals surface area contributed by atoms with Crippen LogP contribution in [0.2, 0.25) is 5.02 Å². The van der Waals surface area contributed by atoms with E-state index in [0.717, 1.165) is 31.5 Å². The molecule has 92 valence electrons. The zero-order valence-electron chi connectivity index (χ0n) is 9.95. The summed E-state index contributed by atoms with van der Waals surface area (Å²) >= 11 is 6.03. The van der Waals surface area contributed by atoms with E-state index in [-0.39, 0.29) is 11.9 Å². The van der Waals surface area contributed by atoms with Gasteiger partial charge in [-0.3, -0.25) is 4.79 Å². The molecule has 1 aliphatic heterocycles. The Labute approximate surface area is 107 Å². The van der Waals surface area contributed by atoms with Gasteiger partial charge in [-0.2, -0.15) is 0 Å². The smallest absolute Gasteiger partial charge is 0.253 e. The van der Waals surface area contributed by atoms with Gasteiger partial charge in [0.2, 0.25) is 0 Å². The average Bonchev–Trinajstić information content (AvgIpc) is 2.33. The van der Waals surface area contributed by atoms with Crippen molar-refractivity contribution in [3.63, 3.8) is 0 Å². The molecular weight excluding hydrogens is 236 g/mol. The van der Waals surface area contributed by atoms with Crippen molar-refractivity contribution in [2.45, 2.75) is 25.8 Å². The number of carbonyl (C=O) groups is 1. The van der Waals surface area contributed by atoms with E-state index in [1.807, 2.05) is 24.0 Å². The topological polar surface area (TPSA) is 46.3 Å². The Kier molecular flexibility index (Phi) is 3.69. The number of benzene rings is 1. The van der Waals surface area contributed by atoms with Gasteiger partial charge >= 0.3 is 0 Å². The first-order chi connectivity index (χ1) is 8.08. The number of nitrogens with two attached hydrogens (primary N) is 1. The van der Waals surface area contributed by atoms with Crippen molar-refractivity contribution in [3.05, 3.63) is 34.3 Å². The first-order valence-corrected chi connectivity index (χ1v) is 6.26. The van der Waals surface area contributed by atoms with E-state index in [1.54, 1.807) is 6.07 Å². The molecule has 2 rings (SSSR count). The molecule has 0 radical (unpaired) electrons. The van der Waals surface area contributed by atoms with Gasteiger partial charge in [-0.1, -0.05) is 17.7 Å². The summed E-state index contributed by atoms with van der Waals surface area (Å²) in [5.74, 6) is 0.0544. The maximum Gasteiger partial charge on any atom is 0.253 e. The molecule has 0 unspecified atom stereocenters. The summed E-state index contributed by atoms with van der Waals surface area (Å²) in [5, 5.41) is 0.643. The molecule has 1 saturated heterocycles. The number of nitrogens with zero attached hydrogens (tertiary/aromatic N) is 1. The fraction of sp³-hybridized carbons (Fsp3) is 0.462. The molecule has 1 aromatic carbocycles. The van der Waals surface area contributed by atoms with Crippen LogP contribution in [0.4, 0.5) is 0 Å². The molecule has 0 spiro atoms.